The van der Waals surface area contributed by atoms with Crippen LogP contribution in [0.15, 0.2) is 21.1 Å². The average molecular weight is 345 g/mol. The molecule has 1 N–H and O–H groups in total. The predicted octanol–water partition coefficient (Wildman–Crippen LogP) is 3.15. The number of rotatable bonds is 3. The molecule has 1 aliphatic rings. The average Bonchev–Trinajstić information content (AvgIpc) is 3.14. The molecule has 2 aromatic rings. The largest absolute Gasteiger partial charge is 0.466 e. The quantitative estimate of drug-likeness (QED) is 0.863. The third-order valence-electron chi connectivity index (χ3n) is 4.44. The number of amides is 3. The van der Waals surface area contributed by atoms with Crippen molar-refractivity contribution in [2.45, 2.75) is 59.0 Å². The third kappa shape index (κ3) is 2.83. The number of carbonyl (C=O) groups is 2. The van der Waals surface area contributed by atoms with Crippen molar-refractivity contribution in [3.63, 3.8) is 0 Å². The maximum Gasteiger partial charge on any atom is 0.325 e. The first-order chi connectivity index (χ1) is 11.5. The van der Waals surface area contributed by atoms with Crippen LogP contribution in [0.1, 0.15) is 56.4 Å². The summed E-state index contributed by atoms with van der Waals surface area (Å²) in [5, 5.41) is 2.77. The van der Waals surface area contributed by atoms with Gasteiger partial charge >= 0.3 is 6.03 Å². The minimum absolute atomic E-state index is 0.00772. The lowest BCUT2D eigenvalue weighted by Crippen LogP contribution is -2.41. The van der Waals surface area contributed by atoms with Gasteiger partial charge in [-0.3, -0.25) is 9.69 Å². The summed E-state index contributed by atoms with van der Waals surface area (Å²) >= 11 is 0. The molecule has 1 aliphatic heterocycles. The van der Waals surface area contributed by atoms with Gasteiger partial charge in [0.05, 0.1) is 6.20 Å². The van der Waals surface area contributed by atoms with Gasteiger partial charge in [-0.1, -0.05) is 20.8 Å². The van der Waals surface area contributed by atoms with Crippen molar-refractivity contribution in [3.8, 4) is 0 Å². The Morgan fingerprint density at radius 3 is 2.44 bits per heavy atom. The van der Waals surface area contributed by atoms with E-state index in [4.69, 9.17) is 8.83 Å². The van der Waals surface area contributed by atoms with E-state index in [0.717, 1.165) is 4.90 Å². The highest BCUT2D eigenvalue weighted by Gasteiger charge is 2.50. The first-order valence-corrected chi connectivity index (χ1v) is 8.19. The van der Waals surface area contributed by atoms with Crippen molar-refractivity contribution in [2.24, 2.45) is 0 Å². The Morgan fingerprint density at radius 2 is 1.92 bits per heavy atom. The van der Waals surface area contributed by atoms with Gasteiger partial charge in [0.2, 0.25) is 5.89 Å². The number of carbonyl (C=O) groups excluding carboxylic acids is 2. The second kappa shape index (κ2) is 5.47. The highest BCUT2D eigenvalue weighted by Crippen LogP contribution is 2.33. The molecule has 0 spiro atoms. The number of urea groups is 1. The molecule has 0 aromatic carbocycles. The monoisotopic (exact) mass is 345 g/mol. The molecule has 0 radical (unpaired) electrons. The maximum atomic E-state index is 12.9. The molecule has 3 rings (SSSR count). The Kier molecular flexibility index (Phi) is 3.78. The Hall–Kier alpha value is -2.57. The number of hydrogen-bond acceptors (Lipinski definition) is 5. The fourth-order valence-corrected chi connectivity index (χ4v) is 3.02. The number of oxazole rings is 1. The van der Waals surface area contributed by atoms with E-state index in [2.05, 4.69) is 10.3 Å². The summed E-state index contributed by atoms with van der Waals surface area (Å²) in [5.74, 6) is 1.99. The first-order valence-electron chi connectivity index (χ1n) is 8.19. The van der Waals surface area contributed by atoms with Gasteiger partial charge in [-0.25, -0.2) is 9.78 Å². The van der Waals surface area contributed by atoms with Crippen LogP contribution in [-0.2, 0) is 22.3 Å². The van der Waals surface area contributed by atoms with Gasteiger partial charge in [0.25, 0.3) is 5.91 Å². The molecule has 0 unspecified atom stereocenters. The van der Waals surface area contributed by atoms with E-state index < -0.39 is 11.6 Å². The summed E-state index contributed by atoms with van der Waals surface area (Å²) in [6.45, 7) is 11.3. The molecule has 3 amide bonds. The summed E-state index contributed by atoms with van der Waals surface area (Å²) < 4.78 is 11.2. The second-order valence-corrected chi connectivity index (χ2v) is 7.64. The number of hydrogen-bond donors (Lipinski definition) is 1. The van der Waals surface area contributed by atoms with E-state index >= 15 is 0 Å². The minimum Gasteiger partial charge on any atom is -0.466 e. The molecule has 0 aliphatic carbocycles. The third-order valence-corrected chi connectivity index (χ3v) is 4.44. The number of nitrogens with zero attached hydrogens (tertiary/aromatic N) is 2. The summed E-state index contributed by atoms with van der Waals surface area (Å²) in [6.07, 6.45) is 1.64. The van der Waals surface area contributed by atoms with Crippen molar-refractivity contribution in [1.82, 2.24) is 15.2 Å². The van der Waals surface area contributed by atoms with Crippen molar-refractivity contribution in [2.75, 3.05) is 0 Å². The van der Waals surface area contributed by atoms with Gasteiger partial charge in [-0.15, -0.1) is 0 Å². The van der Waals surface area contributed by atoms with Gasteiger partial charge in [0, 0.05) is 11.0 Å². The fraction of sp³-hybridized carbons (Fsp3) is 0.500. The van der Waals surface area contributed by atoms with E-state index in [9.17, 15) is 9.59 Å². The normalized spacial score (nSPS) is 21.1. The summed E-state index contributed by atoms with van der Waals surface area (Å²) in [4.78, 5) is 30.7. The van der Waals surface area contributed by atoms with Gasteiger partial charge in [-0.2, -0.15) is 0 Å². The van der Waals surface area contributed by atoms with E-state index in [1.807, 2.05) is 20.8 Å². The Labute approximate surface area is 146 Å². The lowest BCUT2D eigenvalue weighted by Gasteiger charge is -2.20. The predicted molar refractivity (Wildman–Crippen MR) is 89.8 cm³/mol. The van der Waals surface area contributed by atoms with Gasteiger partial charge in [0.15, 0.2) is 0 Å². The van der Waals surface area contributed by atoms with Crippen molar-refractivity contribution < 1.29 is 18.4 Å². The fourth-order valence-electron chi connectivity index (χ4n) is 3.02. The number of imide groups is 1. The zero-order chi connectivity index (χ0) is 18.6. The van der Waals surface area contributed by atoms with E-state index in [-0.39, 0.29) is 17.9 Å². The van der Waals surface area contributed by atoms with Crippen molar-refractivity contribution >= 4 is 11.9 Å². The number of aromatic nitrogens is 1. The molecule has 134 valence electrons. The van der Waals surface area contributed by atoms with Crippen LogP contribution in [0.3, 0.4) is 0 Å². The van der Waals surface area contributed by atoms with Crippen LogP contribution in [0, 0.1) is 13.8 Å². The SMILES string of the molecule is Cc1cc([C@@]2(C)NC(=O)N(Cc3ncc(C(C)(C)C)o3)C2=O)c(C)o1. The van der Waals surface area contributed by atoms with Crippen LogP contribution >= 0.6 is 0 Å². The zero-order valence-electron chi connectivity index (χ0n) is 15.4. The molecule has 1 atom stereocenters. The highest BCUT2D eigenvalue weighted by atomic mass is 16.4. The summed E-state index contributed by atoms with van der Waals surface area (Å²) in [5.41, 5.74) is -0.686. The van der Waals surface area contributed by atoms with E-state index in [1.54, 1.807) is 33.0 Å². The standard InChI is InChI=1S/C18H23N3O4/c1-10-7-12(11(2)24-10)18(6)15(22)21(16(23)20-18)9-14-19-8-13(25-14)17(3,4)5/h7-8H,9H2,1-6H3,(H,20,23)/t18-/m1/s1. The lowest BCUT2D eigenvalue weighted by atomic mass is 9.92. The minimum atomic E-state index is -1.15. The molecular weight excluding hydrogens is 322 g/mol. The molecule has 3 heterocycles. The molecule has 2 aromatic heterocycles. The first kappa shape index (κ1) is 17.3. The summed E-state index contributed by atoms with van der Waals surface area (Å²) in [7, 11) is 0. The molecule has 0 saturated carbocycles. The van der Waals surface area contributed by atoms with Crippen LogP contribution in [0.2, 0.25) is 0 Å². The topological polar surface area (TPSA) is 88.6 Å². The van der Waals surface area contributed by atoms with Gasteiger partial charge in [-0.05, 0) is 26.8 Å². The molecule has 1 fully saturated rings. The Bertz CT molecular complexity index is 843. The lowest BCUT2D eigenvalue weighted by molar-refractivity contribution is -0.131. The van der Waals surface area contributed by atoms with Gasteiger partial charge in [0.1, 0.15) is 29.4 Å². The second-order valence-electron chi connectivity index (χ2n) is 7.64. The van der Waals surface area contributed by atoms with E-state index in [0.29, 0.717) is 28.7 Å². The van der Waals surface area contributed by atoms with Crippen molar-refractivity contribution in [1.29, 1.82) is 0 Å². The molecule has 0 bridgehead atoms. The number of nitrogens with one attached hydrogen (secondary N) is 1. The molecule has 1 saturated heterocycles. The number of aryl methyl sites for hydroxylation is 2. The van der Waals surface area contributed by atoms with Crippen LogP contribution in [0.5, 0.6) is 0 Å². The van der Waals surface area contributed by atoms with Crippen LogP contribution in [0.25, 0.3) is 0 Å². The highest BCUT2D eigenvalue weighted by molar-refractivity contribution is 6.07. The van der Waals surface area contributed by atoms with Crippen LogP contribution in [-0.4, -0.2) is 21.8 Å². The van der Waals surface area contributed by atoms with Gasteiger partial charge < -0.3 is 14.2 Å². The molecular formula is C18H23N3O4. The molecule has 7 nitrogen and oxygen atoms in total. The zero-order valence-corrected chi connectivity index (χ0v) is 15.4. The van der Waals surface area contributed by atoms with Crippen LogP contribution in [0.4, 0.5) is 4.79 Å². The molecule has 25 heavy (non-hydrogen) atoms. The summed E-state index contributed by atoms with van der Waals surface area (Å²) in [6, 6.07) is 1.31. The van der Waals surface area contributed by atoms with E-state index in [1.165, 1.54) is 0 Å². The smallest absolute Gasteiger partial charge is 0.325 e. The Balaban J connectivity index is 1.87. The number of furan rings is 1. The van der Waals surface area contributed by atoms with Crippen LogP contribution < -0.4 is 5.32 Å². The maximum absolute atomic E-state index is 12.9. The van der Waals surface area contributed by atoms with Crippen molar-refractivity contribution in [3.05, 3.63) is 41.0 Å². The molecule has 7 heteroatoms. The Morgan fingerprint density at radius 1 is 1.24 bits per heavy atom.